The standard InChI is InChI=1S/C7H17N3O2S/c8-4-3-5-9-13(11,12)10-6-1-2-7-10/h9H,1-8H2. The van der Waals surface area contributed by atoms with Gasteiger partial charge in [-0.1, -0.05) is 0 Å². The summed E-state index contributed by atoms with van der Waals surface area (Å²) in [6, 6.07) is 0. The van der Waals surface area contributed by atoms with Crippen molar-refractivity contribution in [2.75, 3.05) is 26.2 Å². The second kappa shape index (κ2) is 4.90. The molecule has 0 aromatic rings. The molecule has 13 heavy (non-hydrogen) atoms. The number of nitrogens with zero attached hydrogens (tertiary/aromatic N) is 1. The highest BCUT2D eigenvalue weighted by molar-refractivity contribution is 7.87. The van der Waals surface area contributed by atoms with E-state index in [1.165, 1.54) is 4.31 Å². The van der Waals surface area contributed by atoms with E-state index in [0.29, 0.717) is 32.6 Å². The first-order valence-electron chi connectivity index (χ1n) is 4.61. The van der Waals surface area contributed by atoms with Crippen molar-refractivity contribution in [2.24, 2.45) is 5.73 Å². The van der Waals surface area contributed by atoms with E-state index >= 15 is 0 Å². The minimum Gasteiger partial charge on any atom is -0.330 e. The molecule has 1 heterocycles. The van der Waals surface area contributed by atoms with E-state index in [-0.39, 0.29) is 0 Å². The molecule has 1 aliphatic rings. The molecular formula is C7H17N3O2S. The Bertz CT molecular complexity index is 234. The van der Waals surface area contributed by atoms with Gasteiger partial charge in [0, 0.05) is 19.6 Å². The fraction of sp³-hybridized carbons (Fsp3) is 1.00. The maximum absolute atomic E-state index is 11.5. The highest BCUT2D eigenvalue weighted by Gasteiger charge is 2.23. The van der Waals surface area contributed by atoms with Gasteiger partial charge in [-0.05, 0) is 25.8 Å². The number of hydrogen-bond donors (Lipinski definition) is 2. The van der Waals surface area contributed by atoms with Crippen LogP contribution in [0, 0.1) is 0 Å². The smallest absolute Gasteiger partial charge is 0.279 e. The lowest BCUT2D eigenvalue weighted by molar-refractivity contribution is 0.464. The zero-order valence-electron chi connectivity index (χ0n) is 7.70. The molecule has 0 saturated carbocycles. The Kier molecular flexibility index (Phi) is 4.11. The SMILES string of the molecule is NCCCNS(=O)(=O)N1CCCC1. The van der Waals surface area contributed by atoms with Crippen LogP contribution in [0.5, 0.6) is 0 Å². The molecule has 0 unspecified atom stereocenters. The van der Waals surface area contributed by atoms with Gasteiger partial charge < -0.3 is 5.73 Å². The average molecular weight is 207 g/mol. The van der Waals surface area contributed by atoms with Crippen LogP contribution < -0.4 is 10.5 Å². The van der Waals surface area contributed by atoms with E-state index < -0.39 is 10.2 Å². The van der Waals surface area contributed by atoms with Crippen molar-refractivity contribution in [1.29, 1.82) is 0 Å². The van der Waals surface area contributed by atoms with Gasteiger partial charge in [0.1, 0.15) is 0 Å². The molecule has 1 aliphatic heterocycles. The summed E-state index contributed by atoms with van der Waals surface area (Å²) in [6.45, 7) is 2.26. The summed E-state index contributed by atoms with van der Waals surface area (Å²) in [6.07, 6.45) is 2.63. The Morgan fingerprint density at radius 2 is 1.92 bits per heavy atom. The molecule has 5 nitrogen and oxygen atoms in total. The van der Waals surface area contributed by atoms with Gasteiger partial charge in [0.2, 0.25) is 0 Å². The van der Waals surface area contributed by atoms with E-state index in [1.54, 1.807) is 0 Å². The normalized spacial score (nSPS) is 19.5. The van der Waals surface area contributed by atoms with Crippen molar-refractivity contribution in [3.05, 3.63) is 0 Å². The van der Waals surface area contributed by atoms with Gasteiger partial charge in [-0.15, -0.1) is 0 Å². The van der Waals surface area contributed by atoms with Crippen molar-refractivity contribution >= 4 is 10.2 Å². The highest BCUT2D eigenvalue weighted by atomic mass is 32.2. The van der Waals surface area contributed by atoms with Crippen LogP contribution in [0.15, 0.2) is 0 Å². The summed E-state index contributed by atoms with van der Waals surface area (Å²) in [5.74, 6) is 0. The molecule has 0 amide bonds. The quantitative estimate of drug-likeness (QED) is 0.583. The van der Waals surface area contributed by atoms with Crippen LogP contribution in [0.1, 0.15) is 19.3 Å². The molecule has 0 bridgehead atoms. The molecular weight excluding hydrogens is 190 g/mol. The zero-order valence-corrected chi connectivity index (χ0v) is 8.52. The summed E-state index contributed by atoms with van der Waals surface area (Å²) in [5, 5.41) is 0. The molecule has 1 rings (SSSR count). The van der Waals surface area contributed by atoms with Gasteiger partial charge in [0.05, 0.1) is 0 Å². The molecule has 0 atom stereocenters. The van der Waals surface area contributed by atoms with Crippen LogP contribution in [0.4, 0.5) is 0 Å². The predicted octanol–water partition coefficient (Wildman–Crippen LogP) is -0.735. The van der Waals surface area contributed by atoms with Crippen molar-refractivity contribution in [3.63, 3.8) is 0 Å². The molecule has 0 spiro atoms. The minimum atomic E-state index is -3.20. The van der Waals surface area contributed by atoms with Gasteiger partial charge in [0.25, 0.3) is 10.2 Å². The van der Waals surface area contributed by atoms with Crippen LogP contribution in [0.25, 0.3) is 0 Å². The summed E-state index contributed by atoms with van der Waals surface area (Å²) < 4.78 is 27.0. The van der Waals surface area contributed by atoms with Crippen molar-refractivity contribution in [2.45, 2.75) is 19.3 Å². The van der Waals surface area contributed by atoms with E-state index in [9.17, 15) is 8.42 Å². The summed E-state index contributed by atoms with van der Waals surface area (Å²) >= 11 is 0. The van der Waals surface area contributed by atoms with E-state index in [1.807, 2.05) is 0 Å². The Hall–Kier alpha value is -0.170. The lowest BCUT2D eigenvalue weighted by Crippen LogP contribution is -2.39. The third-order valence-corrected chi connectivity index (χ3v) is 3.68. The number of rotatable bonds is 5. The van der Waals surface area contributed by atoms with Crippen LogP contribution in [-0.4, -0.2) is 38.9 Å². The summed E-state index contributed by atoms with van der Waals surface area (Å²) in [4.78, 5) is 0. The number of nitrogens with one attached hydrogen (secondary N) is 1. The van der Waals surface area contributed by atoms with Gasteiger partial charge in [-0.3, -0.25) is 0 Å². The number of hydrogen-bond acceptors (Lipinski definition) is 3. The highest BCUT2D eigenvalue weighted by Crippen LogP contribution is 2.10. The average Bonchev–Trinajstić information content (AvgIpc) is 2.56. The summed E-state index contributed by atoms with van der Waals surface area (Å²) in [7, 11) is -3.20. The van der Waals surface area contributed by atoms with Crippen molar-refractivity contribution in [1.82, 2.24) is 9.03 Å². The maximum Gasteiger partial charge on any atom is 0.279 e. The third kappa shape index (κ3) is 3.22. The lowest BCUT2D eigenvalue weighted by Gasteiger charge is -2.15. The van der Waals surface area contributed by atoms with Crippen LogP contribution in [0.2, 0.25) is 0 Å². The predicted molar refractivity (Wildman–Crippen MR) is 51.4 cm³/mol. The lowest BCUT2D eigenvalue weighted by atomic mass is 10.4. The Labute approximate surface area is 79.5 Å². The summed E-state index contributed by atoms with van der Waals surface area (Å²) in [5.41, 5.74) is 5.26. The van der Waals surface area contributed by atoms with Gasteiger partial charge >= 0.3 is 0 Å². The maximum atomic E-state index is 11.5. The fourth-order valence-electron chi connectivity index (χ4n) is 1.32. The Balaban J connectivity index is 2.36. The molecule has 1 fully saturated rings. The van der Waals surface area contributed by atoms with E-state index in [2.05, 4.69) is 4.72 Å². The van der Waals surface area contributed by atoms with E-state index in [4.69, 9.17) is 5.73 Å². The molecule has 78 valence electrons. The van der Waals surface area contributed by atoms with Gasteiger partial charge in [0.15, 0.2) is 0 Å². The van der Waals surface area contributed by atoms with Crippen molar-refractivity contribution < 1.29 is 8.42 Å². The minimum absolute atomic E-state index is 0.440. The molecule has 0 aliphatic carbocycles. The van der Waals surface area contributed by atoms with Crippen LogP contribution in [0.3, 0.4) is 0 Å². The molecule has 0 aromatic heterocycles. The van der Waals surface area contributed by atoms with Crippen LogP contribution in [-0.2, 0) is 10.2 Å². The molecule has 1 saturated heterocycles. The molecule has 6 heteroatoms. The topological polar surface area (TPSA) is 75.4 Å². The zero-order chi connectivity index (χ0) is 9.73. The first-order valence-corrected chi connectivity index (χ1v) is 6.05. The Morgan fingerprint density at radius 1 is 1.31 bits per heavy atom. The second-order valence-electron chi connectivity index (χ2n) is 3.15. The van der Waals surface area contributed by atoms with Crippen LogP contribution >= 0.6 is 0 Å². The van der Waals surface area contributed by atoms with E-state index in [0.717, 1.165) is 12.8 Å². The van der Waals surface area contributed by atoms with Crippen molar-refractivity contribution in [3.8, 4) is 0 Å². The fourth-order valence-corrected chi connectivity index (χ4v) is 2.65. The first-order chi connectivity index (χ1) is 6.17. The molecule has 3 N–H and O–H groups in total. The largest absolute Gasteiger partial charge is 0.330 e. The first kappa shape index (κ1) is 10.9. The monoisotopic (exact) mass is 207 g/mol. The molecule has 0 radical (unpaired) electrons. The van der Waals surface area contributed by atoms with Gasteiger partial charge in [-0.25, -0.2) is 4.72 Å². The second-order valence-corrected chi connectivity index (χ2v) is 4.90. The number of nitrogens with two attached hydrogens (primary N) is 1. The molecule has 0 aromatic carbocycles. The third-order valence-electron chi connectivity index (χ3n) is 2.07. The Morgan fingerprint density at radius 3 is 2.46 bits per heavy atom. The van der Waals surface area contributed by atoms with Gasteiger partial charge in [-0.2, -0.15) is 12.7 Å².